The summed E-state index contributed by atoms with van der Waals surface area (Å²) in [5.41, 5.74) is 0.716. The molecule has 1 aromatic rings. The first-order valence-corrected chi connectivity index (χ1v) is 8.90. The van der Waals surface area contributed by atoms with Crippen LogP contribution >= 0.6 is 0 Å². The fourth-order valence-electron chi connectivity index (χ4n) is 4.09. The summed E-state index contributed by atoms with van der Waals surface area (Å²) < 4.78 is 1.64. The normalized spacial score (nSPS) is 21.2. The summed E-state index contributed by atoms with van der Waals surface area (Å²) in [6.07, 6.45) is 2.45. The number of ketones is 1. The number of carbonyl (C=O) groups is 2. The van der Waals surface area contributed by atoms with Gasteiger partial charge in [-0.2, -0.15) is 10.4 Å². The predicted octanol–water partition coefficient (Wildman–Crippen LogP) is 2.61. The summed E-state index contributed by atoms with van der Waals surface area (Å²) in [5, 5.41) is 13.8. The fraction of sp³-hybridized carbons (Fsp3) is 0.600. The molecule has 1 aromatic heterocycles. The molecule has 3 rings (SSSR count). The molecule has 0 bridgehead atoms. The predicted molar refractivity (Wildman–Crippen MR) is 97.3 cm³/mol. The van der Waals surface area contributed by atoms with Crippen molar-refractivity contribution in [2.75, 3.05) is 13.1 Å². The van der Waals surface area contributed by atoms with Crippen molar-refractivity contribution >= 4 is 11.7 Å². The molecule has 138 valence electrons. The zero-order valence-corrected chi connectivity index (χ0v) is 16.4. The summed E-state index contributed by atoms with van der Waals surface area (Å²) in [7, 11) is 1.79. The summed E-state index contributed by atoms with van der Waals surface area (Å²) in [6.45, 7) is 11.0. The molecule has 2 heterocycles. The quantitative estimate of drug-likeness (QED) is 0.776. The Morgan fingerprint density at radius 3 is 2.42 bits per heavy atom. The van der Waals surface area contributed by atoms with Gasteiger partial charge in [-0.05, 0) is 12.5 Å². The molecule has 0 saturated carbocycles. The van der Waals surface area contributed by atoms with Crippen LogP contribution in [0.3, 0.4) is 0 Å². The molecule has 1 amide bonds. The lowest BCUT2D eigenvalue weighted by Gasteiger charge is -2.53. The zero-order chi connectivity index (χ0) is 19.5. The summed E-state index contributed by atoms with van der Waals surface area (Å²) in [4.78, 5) is 27.0. The Kier molecular flexibility index (Phi) is 3.91. The van der Waals surface area contributed by atoms with Gasteiger partial charge in [-0.3, -0.25) is 14.3 Å². The molecule has 0 N–H and O–H groups in total. The van der Waals surface area contributed by atoms with Crippen molar-refractivity contribution in [3.05, 3.63) is 29.1 Å². The van der Waals surface area contributed by atoms with Gasteiger partial charge in [-0.25, -0.2) is 0 Å². The van der Waals surface area contributed by atoms with Gasteiger partial charge in [0.1, 0.15) is 11.8 Å². The third-order valence-electron chi connectivity index (χ3n) is 5.39. The van der Waals surface area contributed by atoms with E-state index < -0.39 is 5.41 Å². The Balaban J connectivity index is 1.81. The maximum atomic E-state index is 12.9. The Hall–Kier alpha value is -2.42. The number of carbonyl (C=O) groups excluding carboxylic acids is 2. The summed E-state index contributed by atoms with van der Waals surface area (Å²) in [6, 6.07) is 3.89. The fourth-order valence-corrected chi connectivity index (χ4v) is 4.09. The van der Waals surface area contributed by atoms with Crippen molar-refractivity contribution in [3.8, 4) is 6.07 Å². The topological polar surface area (TPSA) is 79.0 Å². The van der Waals surface area contributed by atoms with E-state index >= 15 is 0 Å². The first-order chi connectivity index (χ1) is 11.9. The molecule has 1 fully saturated rings. The standard InChI is InChI=1S/C20H26N4O2/c1-18(2,3)15-7-14(23(6)22-15)17(26)24-11-20(12-24)8-13(9-21)16(25)19(4,5)10-20/h7-8H,10-12H2,1-6H3. The summed E-state index contributed by atoms with van der Waals surface area (Å²) in [5.74, 6) is -0.153. The van der Waals surface area contributed by atoms with E-state index in [0.717, 1.165) is 5.69 Å². The van der Waals surface area contributed by atoms with Gasteiger partial charge in [0.05, 0.1) is 11.3 Å². The van der Waals surface area contributed by atoms with E-state index in [-0.39, 0.29) is 28.1 Å². The van der Waals surface area contributed by atoms with Crippen LogP contribution in [-0.2, 0) is 17.3 Å². The number of nitriles is 1. The van der Waals surface area contributed by atoms with E-state index in [9.17, 15) is 14.9 Å². The average Bonchev–Trinajstić information content (AvgIpc) is 2.89. The van der Waals surface area contributed by atoms with Crippen LogP contribution in [0, 0.1) is 22.2 Å². The number of nitrogens with zero attached hydrogens (tertiary/aromatic N) is 4. The van der Waals surface area contributed by atoms with E-state index in [1.165, 1.54) is 0 Å². The second kappa shape index (κ2) is 5.54. The van der Waals surface area contributed by atoms with Crippen molar-refractivity contribution in [2.24, 2.45) is 17.9 Å². The molecule has 6 nitrogen and oxygen atoms in total. The first-order valence-electron chi connectivity index (χ1n) is 8.90. The molecule has 26 heavy (non-hydrogen) atoms. The molecule has 0 atom stereocenters. The molecule has 1 aliphatic heterocycles. The number of aryl methyl sites for hydroxylation is 1. The smallest absolute Gasteiger partial charge is 0.272 e. The van der Waals surface area contributed by atoms with Crippen LogP contribution in [0.2, 0.25) is 0 Å². The third-order valence-corrected chi connectivity index (χ3v) is 5.39. The summed E-state index contributed by atoms with van der Waals surface area (Å²) >= 11 is 0. The average molecular weight is 354 g/mol. The molecule has 0 aromatic carbocycles. The number of likely N-dealkylation sites (tertiary alicyclic amines) is 1. The Bertz CT molecular complexity index is 855. The van der Waals surface area contributed by atoms with Crippen molar-refractivity contribution in [3.63, 3.8) is 0 Å². The van der Waals surface area contributed by atoms with Gasteiger partial charge in [0.15, 0.2) is 5.78 Å². The van der Waals surface area contributed by atoms with Crippen molar-refractivity contribution in [1.29, 1.82) is 5.26 Å². The number of hydrogen-bond donors (Lipinski definition) is 0. The third kappa shape index (κ3) is 2.86. The molecule has 1 aliphatic carbocycles. The molecule has 0 radical (unpaired) electrons. The van der Waals surface area contributed by atoms with E-state index in [1.54, 1.807) is 22.7 Å². The highest BCUT2D eigenvalue weighted by Crippen LogP contribution is 2.48. The molecular weight excluding hydrogens is 328 g/mol. The van der Waals surface area contributed by atoms with Crippen LogP contribution < -0.4 is 0 Å². The lowest BCUT2D eigenvalue weighted by atomic mass is 9.61. The van der Waals surface area contributed by atoms with Crippen LogP contribution in [0.15, 0.2) is 17.7 Å². The Morgan fingerprint density at radius 2 is 1.92 bits per heavy atom. The van der Waals surface area contributed by atoms with E-state index in [2.05, 4.69) is 25.9 Å². The van der Waals surface area contributed by atoms with Gasteiger partial charge in [-0.1, -0.05) is 40.7 Å². The van der Waals surface area contributed by atoms with Crippen LogP contribution in [0.4, 0.5) is 0 Å². The SMILES string of the molecule is Cn1nc(C(C)(C)C)cc1C(=O)N1CC2(C=C(C#N)C(=O)C(C)(C)C2)C1. The Morgan fingerprint density at radius 1 is 1.31 bits per heavy atom. The molecule has 1 saturated heterocycles. The first kappa shape index (κ1) is 18.4. The number of rotatable bonds is 1. The highest BCUT2D eigenvalue weighted by molar-refractivity contribution is 6.04. The maximum absolute atomic E-state index is 12.9. The highest BCUT2D eigenvalue weighted by Gasteiger charge is 2.52. The van der Waals surface area contributed by atoms with Crippen LogP contribution in [-0.4, -0.2) is 39.5 Å². The largest absolute Gasteiger partial charge is 0.335 e. The maximum Gasteiger partial charge on any atom is 0.272 e. The van der Waals surface area contributed by atoms with Gasteiger partial charge in [0.2, 0.25) is 0 Å². The van der Waals surface area contributed by atoms with Crippen LogP contribution in [0.25, 0.3) is 0 Å². The number of hydrogen-bond acceptors (Lipinski definition) is 4. The minimum absolute atomic E-state index is 0.0530. The van der Waals surface area contributed by atoms with Gasteiger partial charge < -0.3 is 4.90 Å². The van der Waals surface area contributed by atoms with Crippen molar-refractivity contribution in [1.82, 2.24) is 14.7 Å². The van der Waals surface area contributed by atoms with Gasteiger partial charge in [-0.15, -0.1) is 0 Å². The number of allylic oxidation sites excluding steroid dienone is 1. The minimum Gasteiger partial charge on any atom is -0.335 e. The lowest BCUT2D eigenvalue weighted by Crippen LogP contribution is -2.61. The molecule has 6 heteroatoms. The minimum atomic E-state index is -0.569. The van der Waals surface area contributed by atoms with Crippen molar-refractivity contribution in [2.45, 2.75) is 46.5 Å². The Labute approximate surface area is 154 Å². The van der Waals surface area contributed by atoms with Crippen LogP contribution in [0.5, 0.6) is 0 Å². The van der Waals surface area contributed by atoms with E-state index in [4.69, 9.17) is 0 Å². The van der Waals surface area contributed by atoms with Gasteiger partial charge >= 0.3 is 0 Å². The number of Topliss-reactive ketones (excluding diaryl/α,β-unsaturated/α-hetero) is 1. The van der Waals surface area contributed by atoms with Gasteiger partial charge in [0, 0.05) is 36.4 Å². The number of amides is 1. The lowest BCUT2D eigenvalue weighted by molar-refractivity contribution is -0.127. The molecule has 1 spiro atoms. The van der Waals surface area contributed by atoms with Gasteiger partial charge in [0.25, 0.3) is 5.91 Å². The van der Waals surface area contributed by atoms with Crippen LogP contribution in [0.1, 0.15) is 57.2 Å². The second-order valence-electron chi connectivity index (χ2n) is 9.37. The molecule has 0 unspecified atom stereocenters. The van der Waals surface area contributed by atoms with Crippen molar-refractivity contribution < 1.29 is 9.59 Å². The molecule has 2 aliphatic rings. The monoisotopic (exact) mass is 354 g/mol. The van der Waals surface area contributed by atoms with E-state index in [0.29, 0.717) is 25.2 Å². The second-order valence-corrected chi connectivity index (χ2v) is 9.37. The zero-order valence-electron chi connectivity index (χ0n) is 16.4. The number of aromatic nitrogens is 2. The van der Waals surface area contributed by atoms with E-state index in [1.807, 2.05) is 26.0 Å². The molecular formula is C20H26N4O2. The highest BCUT2D eigenvalue weighted by atomic mass is 16.2.